The summed E-state index contributed by atoms with van der Waals surface area (Å²) in [5.74, 6) is 0. The van der Waals surface area contributed by atoms with Crippen LogP contribution in [-0.4, -0.2) is 0 Å². The van der Waals surface area contributed by atoms with Crippen molar-refractivity contribution in [3.63, 3.8) is 0 Å². The van der Waals surface area contributed by atoms with E-state index in [9.17, 15) is 0 Å². The Hall–Kier alpha value is 0.0523. The second-order valence-electron chi connectivity index (χ2n) is 0.0630. The Kier molecular flexibility index (Phi) is 458. The molecule has 0 radical (unpaired) electrons. The van der Waals surface area contributed by atoms with Crippen LogP contribution in [0.25, 0.3) is 0 Å². The van der Waals surface area contributed by atoms with Crippen LogP contribution in [0.5, 0.6) is 0 Å². The van der Waals surface area contributed by atoms with E-state index in [1.807, 2.05) is 0 Å². The summed E-state index contributed by atoms with van der Waals surface area (Å²) in [6.07, 6.45) is 0. The van der Waals surface area contributed by atoms with Crippen LogP contribution in [-0.2, 0) is 24.8 Å². The molecule has 0 aliphatic rings. The van der Waals surface area contributed by atoms with Crippen LogP contribution in [0.3, 0.4) is 0 Å². The Morgan fingerprint density at radius 1 is 0.833 bits per heavy atom. The van der Waals surface area contributed by atoms with E-state index >= 15 is 0 Å². The first-order chi connectivity index (χ1) is 1.41. The molecule has 0 N–H and O–H groups in total. The van der Waals surface area contributed by atoms with E-state index in [2.05, 4.69) is 0 Å². The summed E-state index contributed by atoms with van der Waals surface area (Å²) < 4.78 is 17.1. The summed E-state index contributed by atoms with van der Waals surface area (Å²) >= 11 is -2.17. The SMILES string of the molecule is F.F.F.[O]=[Re]=[O]. The van der Waals surface area contributed by atoms with Crippen LogP contribution in [0, 0.1) is 0 Å². The van der Waals surface area contributed by atoms with Crippen LogP contribution < -0.4 is 0 Å². The minimum absolute atomic E-state index is 0. The summed E-state index contributed by atoms with van der Waals surface area (Å²) in [4.78, 5) is 0. The fourth-order valence-corrected chi connectivity index (χ4v) is 0. The molecule has 0 aliphatic heterocycles. The molecule has 0 saturated carbocycles. The Balaban J connectivity index is -0.00000000667. The van der Waals surface area contributed by atoms with Crippen LogP contribution in [0.2, 0.25) is 0 Å². The van der Waals surface area contributed by atoms with Gasteiger partial charge in [0.15, 0.2) is 0 Å². The molecule has 0 fully saturated rings. The second-order valence-corrected chi connectivity index (χ2v) is 0.516. The second kappa shape index (κ2) is 74.9. The molecule has 0 unspecified atom stereocenters. The van der Waals surface area contributed by atoms with Gasteiger partial charge in [-0.05, 0) is 0 Å². The van der Waals surface area contributed by atoms with E-state index in [0.29, 0.717) is 0 Å². The molecule has 0 aromatic rings. The standard InChI is InChI=1S/3FH.2O.Re/h3*1H;;;. The van der Waals surface area contributed by atoms with Gasteiger partial charge < -0.3 is 0 Å². The summed E-state index contributed by atoms with van der Waals surface area (Å²) in [6, 6.07) is 0. The van der Waals surface area contributed by atoms with Gasteiger partial charge in [0.05, 0.1) is 0 Å². The Bertz CT molecular complexity index is 29.8. The van der Waals surface area contributed by atoms with Crippen LogP contribution >= 0.6 is 0 Å². The van der Waals surface area contributed by atoms with Gasteiger partial charge in [-0.1, -0.05) is 0 Å². The summed E-state index contributed by atoms with van der Waals surface area (Å²) in [6.45, 7) is 0. The maximum atomic E-state index is 8.53. The molecule has 43 valence electrons. The average molecular weight is 278 g/mol. The van der Waals surface area contributed by atoms with E-state index in [-0.39, 0.29) is 14.1 Å². The van der Waals surface area contributed by atoms with E-state index in [4.69, 9.17) is 6.94 Å². The predicted molar refractivity (Wildman–Crippen MR) is 8.88 cm³/mol. The van der Waals surface area contributed by atoms with Gasteiger partial charge in [-0.2, -0.15) is 0 Å². The number of hydrogen-bond acceptors (Lipinski definition) is 2. The molecule has 0 aliphatic carbocycles. The van der Waals surface area contributed by atoms with Crippen LogP contribution in [0.1, 0.15) is 0 Å². The molecule has 0 bridgehead atoms. The third-order valence-corrected chi connectivity index (χ3v) is 0. The van der Waals surface area contributed by atoms with Gasteiger partial charge >= 0.3 is 24.8 Å². The van der Waals surface area contributed by atoms with Crippen LogP contribution in [0.4, 0.5) is 14.1 Å². The fraction of sp³-hybridized carbons (Fsp3) is 0. The monoisotopic (exact) mass is 279 g/mol. The van der Waals surface area contributed by atoms with Gasteiger partial charge in [0.2, 0.25) is 0 Å². The van der Waals surface area contributed by atoms with E-state index in [1.54, 1.807) is 0 Å². The van der Waals surface area contributed by atoms with Crippen molar-refractivity contribution in [1.29, 1.82) is 0 Å². The first kappa shape index (κ1) is 36.7. The third kappa shape index (κ3) is 13800. The summed E-state index contributed by atoms with van der Waals surface area (Å²) in [7, 11) is 0. The fourth-order valence-electron chi connectivity index (χ4n) is 0. The van der Waals surface area contributed by atoms with Crippen molar-refractivity contribution in [3.8, 4) is 0 Å². The minimum atomic E-state index is -2.17. The molecule has 0 aromatic carbocycles. The summed E-state index contributed by atoms with van der Waals surface area (Å²) in [5, 5.41) is 0. The van der Waals surface area contributed by atoms with Crippen molar-refractivity contribution >= 4 is 0 Å². The van der Waals surface area contributed by atoms with E-state index in [0.717, 1.165) is 0 Å². The first-order valence-electron chi connectivity index (χ1n) is 0.309. The van der Waals surface area contributed by atoms with Crippen molar-refractivity contribution < 1.29 is 38.9 Å². The van der Waals surface area contributed by atoms with Crippen molar-refractivity contribution in [2.45, 2.75) is 0 Å². The van der Waals surface area contributed by atoms with Crippen molar-refractivity contribution in [3.05, 3.63) is 0 Å². The first-order valence-corrected chi connectivity index (χ1v) is 2.53. The molecule has 0 rings (SSSR count). The molecule has 0 amide bonds. The van der Waals surface area contributed by atoms with Gasteiger partial charge in [-0.3, -0.25) is 14.1 Å². The molecule has 0 spiro atoms. The topological polar surface area (TPSA) is 34.1 Å². The van der Waals surface area contributed by atoms with Gasteiger partial charge in [0.1, 0.15) is 0 Å². The molecule has 0 aromatic heterocycles. The number of hydrogen-bond donors (Lipinski definition) is 0. The summed E-state index contributed by atoms with van der Waals surface area (Å²) in [5.41, 5.74) is 0. The predicted octanol–water partition coefficient (Wildman–Crippen LogP) is 0.217. The molecule has 0 heterocycles. The Morgan fingerprint density at radius 2 is 0.833 bits per heavy atom. The third-order valence-electron chi connectivity index (χ3n) is 0. The van der Waals surface area contributed by atoms with Gasteiger partial charge in [0.25, 0.3) is 0 Å². The van der Waals surface area contributed by atoms with Gasteiger partial charge in [-0.15, -0.1) is 0 Å². The molecule has 0 saturated heterocycles. The molecule has 6 heteroatoms. The zero-order valence-corrected chi connectivity index (χ0v) is 5.14. The molecular weight excluding hydrogens is 275 g/mol. The quantitative estimate of drug-likeness (QED) is 0.635. The van der Waals surface area contributed by atoms with E-state index in [1.165, 1.54) is 0 Å². The Morgan fingerprint density at radius 3 is 0.833 bits per heavy atom. The zero-order chi connectivity index (χ0) is 2.71. The van der Waals surface area contributed by atoms with Crippen LogP contribution in [0.15, 0.2) is 0 Å². The molecule has 0 atom stereocenters. The average Bonchev–Trinajstić information content (AvgIpc) is 0.918. The molecule has 2 nitrogen and oxygen atoms in total. The van der Waals surface area contributed by atoms with Gasteiger partial charge in [-0.25, -0.2) is 0 Å². The molecular formula is H3F3O2Re. The number of halogens is 3. The van der Waals surface area contributed by atoms with Crippen molar-refractivity contribution in [2.75, 3.05) is 0 Å². The zero-order valence-electron chi connectivity index (χ0n) is 2.42. The van der Waals surface area contributed by atoms with Crippen molar-refractivity contribution in [1.82, 2.24) is 0 Å². The van der Waals surface area contributed by atoms with E-state index < -0.39 is 17.9 Å². The maximum absolute atomic E-state index is 8.53. The van der Waals surface area contributed by atoms with Gasteiger partial charge in [0, 0.05) is 0 Å². The number of rotatable bonds is 0. The molecule has 6 heavy (non-hydrogen) atoms. The normalized spacial score (nSPS) is 2.00. The Labute approximate surface area is 39.8 Å². The van der Waals surface area contributed by atoms with Crippen molar-refractivity contribution in [2.24, 2.45) is 0 Å².